The topological polar surface area (TPSA) is 84.9 Å². The van der Waals surface area contributed by atoms with Crippen molar-refractivity contribution in [3.63, 3.8) is 0 Å². The van der Waals surface area contributed by atoms with Crippen molar-refractivity contribution in [3.05, 3.63) is 29.0 Å². The van der Waals surface area contributed by atoms with Crippen LogP contribution in [0.25, 0.3) is 0 Å². The monoisotopic (exact) mass is 331 g/mol. The number of hydrogen-bond acceptors (Lipinski definition) is 4. The Morgan fingerprint density at radius 1 is 1.50 bits per heavy atom. The first-order chi connectivity index (χ1) is 10.4. The zero-order chi connectivity index (χ0) is 16.2. The minimum absolute atomic E-state index is 0.0530. The molecule has 0 aliphatic carbocycles. The van der Waals surface area contributed by atoms with E-state index in [1.165, 1.54) is 6.07 Å². The number of hydrogen-bond donors (Lipinski definition) is 2. The summed E-state index contributed by atoms with van der Waals surface area (Å²) in [4.78, 5) is 22.8. The average molecular weight is 332 g/mol. The molecular formula is C14H15ClFNO5. The van der Waals surface area contributed by atoms with Crippen molar-refractivity contribution in [3.8, 4) is 5.75 Å². The Labute approximate surface area is 131 Å². The highest BCUT2D eigenvalue weighted by atomic mass is 35.5. The lowest BCUT2D eigenvalue weighted by molar-refractivity contribution is -0.139. The summed E-state index contributed by atoms with van der Waals surface area (Å²) in [6.45, 7) is 0.174. The fourth-order valence-corrected chi connectivity index (χ4v) is 2.47. The normalized spacial score (nSPS) is 20.6. The molecular weight excluding hydrogens is 317 g/mol. The van der Waals surface area contributed by atoms with Gasteiger partial charge < -0.3 is 19.9 Å². The molecule has 1 atom stereocenters. The van der Waals surface area contributed by atoms with Crippen LogP contribution in [0.5, 0.6) is 5.75 Å². The molecule has 1 aromatic rings. The number of ether oxygens (including phenoxy) is 2. The van der Waals surface area contributed by atoms with Crippen molar-refractivity contribution in [1.82, 2.24) is 5.32 Å². The minimum atomic E-state index is -1.02. The number of carbonyl (C=O) groups is 2. The van der Waals surface area contributed by atoms with E-state index in [9.17, 15) is 14.0 Å². The number of aliphatic carboxylic acids is 1. The molecule has 0 spiro atoms. The lowest BCUT2D eigenvalue weighted by Crippen LogP contribution is -2.51. The number of carboxylic acid groups (broad SMARTS) is 1. The second-order valence-electron chi connectivity index (χ2n) is 5.07. The number of carboxylic acids is 1. The van der Waals surface area contributed by atoms with Crippen molar-refractivity contribution in [1.29, 1.82) is 0 Å². The predicted molar refractivity (Wildman–Crippen MR) is 75.5 cm³/mol. The molecule has 1 heterocycles. The molecule has 0 bridgehead atoms. The zero-order valence-corrected chi connectivity index (χ0v) is 12.4. The Balaban J connectivity index is 1.92. The molecule has 22 heavy (non-hydrogen) atoms. The highest BCUT2D eigenvalue weighted by molar-refractivity contribution is 6.32. The first-order valence-corrected chi connectivity index (χ1v) is 6.96. The summed E-state index contributed by atoms with van der Waals surface area (Å²) < 4.78 is 23.3. The van der Waals surface area contributed by atoms with E-state index in [0.29, 0.717) is 13.0 Å². The van der Waals surface area contributed by atoms with E-state index < -0.39 is 23.2 Å². The molecule has 0 aromatic heterocycles. The van der Waals surface area contributed by atoms with Crippen LogP contribution in [-0.2, 0) is 14.3 Å². The van der Waals surface area contributed by atoms with Gasteiger partial charge in [0.15, 0.2) is 6.61 Å². The van der Waals surface area contributed by atoms with Crippen LogP contribution in [0.15, 0.2) is 18.2 Å². The SMILES string of the molecule is O=C(O)CC1(NC(=O)COc2ccc(F)cc2Cl)CCOC1. The summed E-state index contributed by atoms with van der Waals surface area (Å²) in [6.07, 6.45) is 0.193. The van der Waals surface area contributed by atoms with Crippen LogP contribution in [0.2, 0.25) is 5.02 Å². The molecule has 1 aliphatic rings. The first-order valence-electron chi connectivity index (χ1n) is 6.59. The molecule has 1 aliphatic heterocycles. The van der Waals surface area contributed by atoms with Crippen molar-refractivity contribution >= 4 is 23.5 Å². The Hall–Kier alpha value is -1.86. The number of benzene rings is 1. The Bertz CT molecular complexity index is 574. The molecule has 1 unspecified atom stereocenters. The molecule has 2 N–H and O–H groups in total. The van der Waals surface area contributed by atoms with Crippen molar-refractivity contribution in [2.45, 2.75) is 18.4 Å². The van der Waals surface area contributed by atoms with Gasteiger partial charge in [0.2, 0.25) is 0 Å². The summed E-state index contributed by atoms with van der Waals surface area (Å²) in [6, 6.07) is 3.55. The van der Waals surface area contributed by atoms with E-state index in [1.807, 2.05) is 0 Å². The van der Waals surface area contributed by atoms with Crippen LogP contribution in [0.4, 0.5) is 4.39 Å². The van der Waals surface area contributed by atoms with E-state index >= 15 is 0 Å². The molecule has 1 fully saturated rings. The van der Waals surface area contributed by atoms with Gasteiger partial charge in [0.25, 0.3) is 5.91 Å². The first kappa shape index (κ1) is 16.5. The quantitative estimate of drug-likeness (QED) is 0.827. The van der Waals surface area contributed by atoms with E-state index in [4.69, 9.17) is 26.2 Å². The molecule has 6 nitrogen and oxygen atoms in total. The number of rotatable bonds is 6. The van der Waals surface area contributed by atoms with Crippen LogP contribution in [0.3, 0.4) is 0 Å². The maximum Gasteiger partial charge on any atom is 0.305 e. The van der Waals surface area contributed by atoms with Crippen molar-refractivity contribution in [2.24, 2.45) is 0 Å². The van der Waals surface area contributed by atoms with Gasteiger partial charge in [-0.15, -0.1) is 0 Å². The molecule has 0 saturated carbocycles. The van der Waals surface area contributed by atoms with E-state index in [1.54, 1.807) is 0 Å². The van der Waals surface area contributed by atoms with Crippen LogP contribution in [0.1, 0.15) is 12.8 Å². The lowest BCUT2D eigenvalue weighted by Gasteiger charge is -2.26. The van der Waals surface area contributed by atoms with Crippen LogP contribution < -0.4 is 10.1 Å². The summed E-state index contributed by atoms with van der Waals surface area (Å²) in [5.74, 6) is -1.85. The Morgan fingerprint density at radius 3 is 2.86 bits per heavy atom. The number of nitrogens with one attached hydrogen (secondary N) is 1. The third-order valence-electron chi connectivity index (χ3n) is 3.25. The maximum atomic E-state index is 12.9. The molecule has 8 heteroatoms. The average Bonchev–Trinajstić information content (AvgIpc) is 2.84. The highest BCUT2D eigenvalue weighted by Gasteiger charge is 2.38. The van der Waals surface area contributed by atoms with Gasteiger partial charge in [0.05, 0.1) is 23.6 Å². The van der Waals surface area contributed by atoms with Crippen LogP contribution >= 0.6 is 11.6 Å². The van der Waals surface area contributed by atoms with Crippen molar-refractivity contribution in [2.75, 3.05) is 19.8 Å². The van der Waals surface area contributed by atoms with Crippen molar-refractivity contribution < 1.29 is 28.6 Å². The van der Waals surface area contributed by atoms with Gasteiger partial charge in [-0.25, -0.2) is 4.39 Å². The number of carbonyl (C=O) groups excluding carboxylic acids is 1. The predicted octanol–water partition coefficient (Wildman–Crippen LogP) is 1.61. The van der Waals surface area contributed by atoms with Gasteiger partial charge in [0.1, 0.15) is 11.6 Å². The smallest absolute Gasteiger partial charge is 0.305 e. The molecule has 1 aromatic carbocycles. The van der Waals surface area contributed by atoms with E-state index in [-0.39, 0.29) is 30.4 Å². The van der Waals surface area contributed by atoms with Gasteiger partial charge in [-0.1, -0.05) is 11.6 Å². The maximum absolute atomic E-state index is 12.9. The third kappa shape index (κ3) is 4.32. The summed E-state index contributed by atoms with van der Waals surface area (Å²) in [5, 5.41) is 11.6. The minimum Gasteiger partial charge on any atom is -0.482 e. The van der Waals surface area contributed by atoms with E-state index in [0.717, 1.165) is 12.1 Å². The Kier molecular flexibility index (Phi) is 5.20. The molecule has 1 amide bonds. The molecule has 120 valence electrons. The van der Waals surface area contributed by atoms with Gasteiger partial charge >= 0.3 is 5.97 Å². The summed E-state index contributed by atoms with van der Waals surface area (Å²) in [7, 11) is 0. The third-order valence-corrected chi connectivity index (χ3v) is 3.55. The van der Waals surface area contributed by atoms with Crippen LogP contribution in [0, 0.1) is 5.82 Å². The number of halogens is 2. The lowest BCUT2D eigenvalue weighted by atomic mass is 9.94. The fraction of sp³-hybridized carbons (Fsp3) is 0.429. The fourth-order valence-electron chi connectivity index (χ4n) is 2.25. The zero-order valence-electron chi connectivity index (χ0n) is 11.6. The van der Waals surface area contributed by atoms with E-state index in [2.05, 4.69) is 5.32 Å². The second kappa shape index (κ2) is 6.93. The molecule has 0 radical (unpaired) electrons. The summed E-state index contributed by atoms with van der Waals surface area (Å²) in [5.41, 5.74) is -0.918. The second-order valence-corrected chi connectivity index (χ2v) is 5.47. The standard InChI is InChI=1S/C14H15ClFNO5/c15-10-5-9(16)1-2-11(10)22-7-12(18)17-14(6-13(19)20)3-4-21-8-14/h1-2,5H,3-4,6-8H2,(H,17,18)(H,19,20). The van der Waals surface area contributed by atoms with Gasteiger partial charge in [-0.3, -0.25) is 9.59 Å². The van der Waals surface area contributed by atoms with Gasteiger partial charge in [-0.05, 0) is 24.6 Å². The largest absolute Gasteiger partial charge is 0.482 e. The van der Waals surface area contributed by atoms with Gasteiger partial charge in [0, 0.05) is 6.61 Å². The summed E-state index contributed by atoms with van der Waals surface area (Å²) >= 11 is 5.79. The number of amides is 1. The molecule has 2 rings (SSSR count). The molecule has 1 saturated heterocycles. The van der Waals surface area contributed by atoms with Gasteiger partial charge in [-0.2, -0.15) is 0 Å². The Morgan fingerprint density at radius 2 is 2.27 bits per heavy atom. The van der Waals surface area contributed by atoms with Crippen LogP contribution in [-0.4, -0.2) is 42.3 Å². The highest BCUT2D eigenvalue weighted by Crippen LogP contribution is 2.25.